The number of ether oxygens (including phenoxy) is 1. The number of carbonyl (C=O) groups excluding carboxylic acids is 1. The molecule has 0 unspecified atom stereocenters. The van der Waals surface area contributed by atoms with Crippen LogP contribution in [0.4, 0.5) is 4.79 Å². The van der Waals surface area contributed by atoms with Crippen LogP contribution in [0.15, 0.2) is 29.2 Å². The summed E-state index contributed by atoms with van der Waals surface area (Å²) in [5.74, 6) is 0. The van der Waals surface area contributed by atoms with E-state index in [0.717, 1.165) is 32.5 Å². The van der Waals surface area contributed by atoms with E-state index >= 15 is 0 Å². The molecule has 5 heteroatoms. The quantitative estimate of drug-likeness (QED) is 0.823. The first kappa shape index (κ1) is 19.1. The lowest BCUT2D eigenvalue weighted by Crippen LogP contribution is -2.53. The van der Waals surface area contributed by atoms with Crippen molar-refractivity contribution < 1.29 is 9.53 Å². The summed E-state index contributed by atoms with van der Waals surface area (Å²) in [7, 11) is 0. The summed E-state index contributed by atoms with van der Waals surface area (Å²) in [6.45, 7) is 10.3. The molecule has 24 heavy (non-hydrogen) atoms. The lowest BCUT2D eigenvalue weighted by molar-refractivity contribution is 0.0156. The Kier molecular flexibility index (Phi) is 6.21. The summed E-state index contributed by atoms with van der Waals surface area (Å²) in [5.41, 5.74) is 0.930. The predicted octanol–water partition coefficient (Wildman–Crippen LogP) is 4.29. The van der Waals surface area contributed by atoms with Gasteiger partial charge < -0.3 is 15.0 Å². The molecule has 4 nitrogen and oxygen atoms in total. The Labute approximate surface area is 150 Å². The number of carbonyl (C=O) groups is 1. The molecule has 0 atom stereocenters. The van der Waals surface area contributed by atoms with Gasteiger partial charge in [0.05, 0.1) is 0 Å². The molecule has 1 N–H and O–H groups in total. The highest BCUT2D eigenvalue weighted by atomic mass is 32.2. The van der Waals surface area contributed by atoms with Crippen LogP contribution in [0.2, 0.25) is 0 Å². The van der Waals surface area contributed by atoms with Gasteiger partial charge in [-0.25, -0.2) is 4.79 Å². The third-order valence-corrected chi connectivity index (χ3v) is 5.14. The molecule has 134 valence electrons. The number of hydrogen-bond acceptors (Lipinski definition) is 4. The lowest BCUT2D eigenvalue weighted by atomic mass is 9.89. The van der Waals surface area contributed by atoms with E-state index in [2.05, 4.69) is 42.8 Å². The van der Waals surface area contributed by atoms with Crippen molar-refractivity contribution in [3.05, 3.63) is 29.8 Å². The van der Waals surface area contributed by atoms with Crippen molar-refractivity contribution in [2.24, 2.45) is 0 Å². The first-order chi connectivity index (χ1) is 11.2. The van der Waals surface area contributed by atoms with Crippen LogP contribution in [0.1, 0.15) is 46.1 Å². The largest absolute Gasteiger partial charge is 0.444 e. The van der Waals surface area contributed by atoms with Gasteiger partial charge in [0, 0.05) is 30.1 Å². The Bertz CT molecular complexity index is 543. The molecule has 0 bridgehead atoms. The van der Waals surface area contributed by atoms with Gasteiger partial charge in [-0.15, -0.1) is 11.8 Å². The van der Waals surface area contributed by atoms with Crippen LogP contribution in [-0.2, 0) is 11.3 Å². The normalized spacial score (nSPS) is 17.6. The second-order valence-corrected chi connectivity index (χ2v) is 8.61. The fraction of sp³-hybridized carbons (Fsp3) is 0.632. The average Bonchev–Trinajstić information content (AvgIpc) is 2.52. The number of hydrogen-bond donors (Lipinski definition) is 1. The first-order valence-corrected chi connectivity index (χ1v) is 9.79. The van der Waals surface area contributed by atoms with Crippen LogP contribution >= 0.6 is 11.8 Å². The maximum absolute atomic E-state index is 12.1. The third kappa shape index (κ3) is 5.71. The second kappa shape index (κ2) is 7.79. The number of benzene rings is 1. The highest BCUT2D eigenvalue weighted by Gasteiger charge is 2.33. The molecule has 0 saturated carbocycles. The Morgan fingerprint density at radius 1 is 1.25 bits per heavy atom. The number of thioether (sulfide) groups is 1. The van der Waals surface area contributed by atoms with Crippen molar-refractivity contribution in [2.45, 2.75) is 63.1 Å². The summed E-state index contributed by atoms with van der Waals surface area (Å²) in [6, 6.07) is 8.68. The van der Waals surface area contributed by atoms with Gasteiger partial charge in [-0.2, -0.15) is 0 Å². The standard InChI is InChI=1S/C19H30N2O2S/c1-18(2,3)23-17(22)21-12-10-19(4,11-13-21)20-14-15-6-8-16(24-5)9-7-15/h6-9,20H,10-14H2,1-5H3. The van der Waals surface area contributed by atoms with Crippen LogP contribution in [0.3, 0.4) is 0 Å². The van der Waals surface area contributed by atoms with Crippen molar-refractivity contribution in [1.29, 1.82) is 0 Å². The van der Waals surface area contributed by atoms with Crippen molar-refractivity contribution in [3.8, 4) is 0 Å². The van der Waals surface area contributed by atoms with Gasteiger partial charge in [-0.3, -0.25) is 0 Å². The van der Waals surface area contributed by atoms with Crippen LogP contribution < -0.4 is 5.32 Å². The van der Waals surface area contributed by atoms with E-state index in [1.165, 1.54) is 10.5 Å². The molecule has 1 fully saturated rings. The number of rotatable bonds is 4. The van der Waals surface area contributed by atoms with Gasteiger partial charge in [0.2, 0.25) is 0 Å². The molecular weight excluding hydrogens is 320 g/mol. The number of nitrogens with zero attached hydrogens (tertiary/aromatic N) is 1. The molecular formula is C19H30N2O2S. The number of amides is 1. The predicted molar refractivity (Wildman–Crippen MR) is 101 cm³/mol. The van der Waals surface area contributed by atoms with E-state index in [0.29, 0.717) is 0 Å². The Hall–Kier alpha value is -1.20. The Balaban J connectivity index is 1.82. The van der Waals surface area contributed by atoms with Crippen molar-refractivity contribution >= 4 is 17.9 Å². The Morgan fingerprint density at radius 2 is 1.83 bits per heavy atom. The van der Waals surface area contributed by atoms with Crippen molar-refractivity contribution in [3.63, 3.8) is 0 Å². The number of likely N-dealkylation sites (tertiary alicyclic amines) is 1. The van der Waals surface area contributed by atoms with Crippen LogP contribution in [0.5, 0.6) is 0 Å². The summed E-state index contributed by atoms with van der Waals surface area (Å²) >= 11 is 1.76. The molecule has 1 saturated heterocycles. The van der Waals surface area contributed by atoms with Gasteiger partial charge in [0.15, 0.2) is 0 Å². The zero-order chi connectivity index (χ0) is 17.8. The highest BCUT2D eigenvalue weighted by Crippen LogP contribution is 2.24. The minimum atomic E-state index is -0.432. The van der Waals surface area contributed by atoms with Crippen LogP contribution in [0, 0.1) is 0 Å². The van der Waals surface area contributed by atoms with Gasteiger partial charge >= 0.3 is 6.09 Å². The molecule has 1 amide bonds. The van der Waals surface area contributed by atoms with Crippen molar-refractivity contribution in [1.82, 2.24) is 10.2 Å². The maximum Gasteiger partial charge on any atom is 0.410 e. The van der Waals surface area contributed by atoms with E-state index in [1.807, 2.05) is 25.7 Å². The molecule has 0 radical (unpaired) electrons. The first-order valence-electron chi connectivity index (χ1n) is 8.57. The van der Waals surface area contributed by atoms with E-state index in [4.69, 9.17) is 4.74 Å². The average molecular weight is 351 g/mol. The fourth-order valence-corrected chi connectivity index (χ4v) is 3.15. The highest BCUT2D eigenvalue weighted by molar-refractivity contribution is 7.98. The summed E-state index contributed by atoms with van der Waals surface area (Å²) in [6.07, 6.45) is 3.77. The summed E-state index contributed by atoms with van der Waals surface area (Å²) in [4.78, 5) is 15.3. The molecule has 0 aliphatic carbocycles. The monoisotopic (exact) mass is 350 g/mol. The molecule has 1 heterocycles. The lowest BCUT2D eigenvalue weighted by Gasteiger charge is -2.40. The second-order valence-electron chi connectivity index (χ2n) is 7.73. The van der Waals surface area contributed by atoms with Gasteiger partial charge in [-0.05, 0) is 64.5 Å². The minimum Gasteiger partial charge on any atom is -0.444 e. The molecule has 1 aliphatic heterocycles. The van der Waals surface area contributed by atoms with Crippen LogP contribution in [-0.4, -0.2) is 41.5 Å². The smallest absolute Gasteiger partial charge is 0.410 e. The number of nitrogens with one attached hydrogen (secondary N) is 1. The van der Waals surface area contributed by atoms with E-state index < -0.39 is 5.60 Å². The number of piperidine rings is 1. The maximum atomic E-state index is 12.1. The minimum absolute atomic E-state index is 0.0662. The molecule has 0 aromatic heterocycles. The Morgan fingerprint density at radius 3 is 2.33 bits per heavy atom. The molecule has 1 aliphatic rings. The SMILES string of the molecule is CSc1ccc(CNC2(C)CCN(C(=O)OC(C)(C)C)CC2)cc1. The molecule has 0 spiro atoms. The van der Waals surface area contributed by atoms with Gasteiger partial charge in [0.25, 0.3) is 0 Å². The van der Waals surface area contributed by atoms with Crippen LogP contribution in [0.25, 0.3) is 0 Å². The van der Waals surface area contributed by atoms with Gasteiger partial charge in [0.1, 0.15) is 5.60 Å². The fourth-order valence-electron chi connectivity index (χ4n) is 2.74. The van der Waals surface area contributed by atoms with E-state index in [9.17, 15) is 4.79 Å². The third-order valence-electron chi connectivity index (χ3n) is 4.40. The summed E-state index contributed by atoms with van der Waals surface area (Å²) in [5, 5.41) is 3.67. The molecule has 1 aromatic carbocycles. The summed E-state index contributed by atoms with van der Waals surface area (Å²) < 4.78 is 5.46. The zero-order valence-corrected chi connectivity index (χ0v) is 16.3. The van der Waals surface area contributed by atoms with E-state index in [1.54, 1.807) is 11.8 Å². The van der Waals surface area contributed by atoms with E-state index in [-0.39, 0.29) is 11.6 Å². The van der Waals surface area contributed by atoms with Crippen molar-refractivity contribution in [2.75, 3.05) is 19.3 Å². The van der Waals surface area contributed by atoms with Gasteiger partial charge in [-0.1, -0.05) is 12.1 Å². The molecule has 2 rings (SSSR count). The molecule has 1 aromatic rings. The topological polar surface area (TPSA) is 41.6 Å². The zero-order valence-electron chi connectivity index (χ0n) is 15.5.